The molecule has 0 aliphatic carbocycles. The van der Waals surface area contributed by atoms with E-state index in [2.05, 4.69) is 4.72 Å². The molecule has 0 atom stereocenters. The fourth-order valence-electron chi connectivity index (χ4n) is 1.78. The number of anilines is 1. The van der Waals surface area contributed by atoms with Crippen molar-refractivity contribution in [3.63, 3.8) is 0 Å². The number of aromatic hydroxyl groups is 1. The molecule has 0 heterocycles. The van der Waals surface area contributed by atoms with Gasteiger partial charge in [0.25, 0.3) is 0 Å². The maximum atomic E-state index is 12.1. The summed E-state index contributed by atoms with van der Waals surface area (Å²) in [6.07, 6.45) is 0. The fourth-order valence-corrected chi connectivity index (χ4v) is 3.43. The van der Waals surface area contributed by atoms with Gasteiger partial charge in [0.15, 0.2) is 5.75 Å². The van der Waals surface area contributed by atoms with E-state index >= 15 is 0 Å². The summed E-state index contributed by atoms with van der Waals surface area (Å²) in [4.78, 5) is 0. The van der Waals surface area contributed by atoms with E-state index in [1.54, 1.807) is 37.3 Å². The Balaban J connectivity index is 2.29. The largest absolute Gasteiger partial charge is 0.504 e. The summed E-state index contributed by atoms with van der Waals surface area (Å²) in [5.41, 5.74) is 1.09. The normalized spacial score (nSPS) is 11.4. The zero-order chi connectivity index (χ0) is 15.6. The van der Waals surface area contributed by atoms with E-state index in [0.29, 0.717) is 11.1 Å². The third kappa shape index (κ3) is 3.81. The van der Waals surface area contributed by atoms with Crippen molar-refractivity contribution >= 4 is 38.9 Å². The number of halogens is 2. The van der Waals surface area contributed by atoms with Crippen LogP contribution in [0.2, 0.25) is 10.0 Å². The zero-order valence-corrected chi connectivity index (χ0v) is 13.4. The van der Waals surface area contributed by atoms with Crippen LogP contribution in [0.1, 0.15) is 11.1 Å². The minimum atomic E-state index is -3.68. The van der Waals surface area contributed by atoms with Crippen molar-refractivity contribution in [3.8, 4) is 5.75 Å². The number of nitrogens with one attached hydrogen (secondary N) is 1. The van der Waals surface area contributed by atoms with Gasteiger partial charge in [0.05, 0.1) is 16.5 Å². The van der Waals surface area contributed by atoms with Gasteiger partial charge in [-0.05, 0) is 24.1 Å². The lowest BCUT2D eigenvalue weighted by Gasteiger charge is -2.13. The summed E-state index contributed by atoms with van der Waals surface area (Å²) in [6.45, 7) is 1.63. The second-order valence-corrected chi connectivity index (χ2v) is 7.05. The van der Waals surface area contributed by atoms with E-state index in [4.69, 9.17) is 23.2 Å². The molecule has 21 heavy (non-hydrogen) atoms. The lowest BCUT2D eigenvalue weighted by Crippen LogP contribution is -2.15. The van der Waals surface area contributed by atoms with E-state index in [1.807, 2.05) is 0 Å². The van der Waals surface area contributed by atoms with Gasteiger partial charge in [-0.3, -0.25) is 4.72 Å². The fraction of sp³-hybridized carbons (Fsp3) is 0.143. The van der Waals surface area contributed by atoms with Crippen molar-refractivity contribution < 1.29 is 13.5 Å². The topological polar surface area (TPSA) is 66.4 Å². The molecule has 0 unspecified atom stereocenters. The first kappa shape index (κ1) is 15.9. The molecule has 0 saturated carbocycles. The van der Waals surface area contributed by atoms with Gasteiger partial charge in [-0.25, -0.2) is 8.42 Å². The summed E-state index contributed by atoms with van der Waals surface area (Å²) in [7, 11) is -3.68. The highest BCUT2D eigenvalue weighted by molar-refractivity contribution is 7.91. The van der Waals surface area contributed by atoms with Crippen molar-refractivity contribution in [3.05, 3.63) is 57.6 Å². The lowest BCUT2D eigenvalue weighted by molar-refractivity contribution is 0.477. The molecule has 0 amide bonds. The van der Waals surface area contributed by atoms with Crippen LogP contribution in [-0.4, -0.2) is 13.5 Å². The summed E-state index contributed by atoms with van der Waals surface area (Å²) >= 11 is 11.9. The van der Waals surface area contributed by atoms with E-state index in [9.17, 15) is 13.5 Å². The number of phenols is 1. The molecule has 0 aliphatic rings. The molecule has 0 aliphatic heterocycles. The van der Waals surface area contributed by atoms with E-state index < -0.39 is 10.0 Å². The van der Waals surface area contributed by atoms with Crippen LogP contribution in [-0.2, 0) is 15.8 Å². The van der Waals surface area contributed by atoms with E-state index in [-0.39, 0.29) is 27.2 Å². The Labute approximate surface area is 133 Å². The first-order chi connectivity index (χ1) is 9.80. The van der Waals surface area contributed by atoms with Gasteiger partial charge >= 0.3 is 0 Å². The van der Waals surface area contributed by atoms with Gasteiger partial charge < -0.3 is 5.11 Å². The number of phenolic OH excluding ortho intramolecular Hbond substituents is 1. The molecule has 112 valence electrons. The molecule has 0 saturated heterocycles. The monoisotopic (exact) mass is 345 g/mol. The Kier molecular flexibility index (Phi) is 4.66. The van der Waals surface area contributed by atoms with Crippen molar-refractivity contribution in [2.45, 2.75) is 12.7 Å². The van der Waals surface area contributed by atoms with Gasteiger partial charge in [0.2, 0.25) is 10.0 Å². The van der Waals surface area contributed by atoms with Crippen LogP contribution < -0.4 is 4.72 Å². The molecule has 2 N–H and O–H groups in total. The number of hydrogen-bond acceptors (Lipinski definition) is 3. The molecule has 2 aromatic carbocycles. The molecular formula is C14H13Cl2NO3S. The zero-order valence-electron chi connectivity index (χ0n) is 11.1. The molecule has 2 aromatic rings. The highest BCUT2D eigenvalue weighted by atomic mass is 35.5. The van der Waals surface area contributed by atoms with Gasteiger partial charge in [0.1, 0.15) is 0 Å². The van der Waals surface area contributed by atoms with Crippen molar-refractivity contribution in [2.75, 3.05) is 4.72 Å². The first-order valence-corrected chi connectivity index (χ1v) is 8.43. The van der Waals surface area contributed by atoms with Gasteiger partial charge in [-0.1, -0.05) is 53.5 Å². The Morgan fingerprint density at radius 1 is 1.19 bits per heavy atom. The minimum Gasteiger partial charge on any atom is -0.504 e. The lowest BCUT2D eigenvalue weighted by atomic mass is 10.2. The number of rotatable bonds is 4. The second-order valence-electron chi connectivity index (χ2n) is 4.54. The minimum absolute atomic E-state index is 0.0277. The molecule has 2 rings (SSSR count). The van der Waals surface area contributed by atoms with Gasteiger partial charge in [-0.2, -0.15) is 0 Å². The van der Waals surface area contributed by atoms with Crippen LogP contribution in [0.25, 0.3) is 0 Å². The van der Waals surface area contributed by atoms with Crippen LogP contribution in [0.3, 0.4) is 0 Å². The van der Waals surface area contributed by atoms with Crippen molar-refractivity contribution in [2.24, 2.45) is 0 Å². The van der Waals surface area contributed by atoms with Crippen LogP contribution in [0, 0.1) is 6.92 Å². The molecular weight excluding hydrogens is 333 g/mol. The molecule has 0 spiro atoms. The quantitative estimate of drug-likeness (QED) is 0.824. The summed E-state index contributed by atoms with van der Waals surface area (Å²) in [6, 6.07) is 10.0. The number of hydrogen-bond donors (Lipinski definition) is 2. The first-order valence-electron chi connectivity index (χ1n) is 6.02. The van der Waals surface area contributed by atoms with E-state index in [1.165, 1.54) is 6.07 Å². The highest BCUT2D eigenvalue weighted by Gasteiger charge is 2.18. The maximum absolute atomic E-state index is 12.1. The number of sulfonamides is 1. The van der Waals surface area contributed by atoms with Gasteiger partial charge in [0, 0.05) is 5.02 Å². The SMILES string of the molecule is Cc1c(Cl)cc(NS(=O)(=O)Cc2ccccc2)c(O)c1Cl. The standard InChI is InChI=1S/C14H13Cl2NO3S/c1-9-11(15)7-12(14(18)13(9)16)17-21(19,20)8-10-5-3-2-4-6-10/h2-7,17-18H,8H2,1H3. The molecule has 4 nitrogen and oxygen atoms in total. The van der Waals surface area contributed by atoms with Crippen molar-refractivity contribution in [1.82, 2.24) is 0 Å². The third-order valence-corrected chi connectivity index (χ3v) is 4.99. The van der Waals surface area contributed by atoms with Crippen LogP contribution >= 0.6 is 23.2 Å². The molecule has 0 radical (unpaired) electrons. The van der Waals surface area contributed by atoms with Crippen LogP contribution in [0.4, 0.5) is 5.69 Å². The average molecular weight is 346 g/mol. The average Bonchev–Trinajstić information content (AvgIpc) is 2.43. The van der Waals surface area contributed by atoms with Gasteiger partial charge in [-0.15, -0.1) is 0 Å². The Bertz CT molecular complexity index is 762. The second kappa shape index (κ2) is 6.13. The van der Waals surface area contributed by atoms with Crippen LogP contribution in [0.15, 0.2) is 36.4 Å². The predicted molar refractivity (Wildman–Crippen MR) is 85.6 cm³/mol. The Morgan fingerprint density at radius 3 is 2.43 bits per heavy atom. The maximum Gasteiger partial charge on any atom is 0.237 e. The van der Waals surface area contributed by atoms with Crippen LogP contribution in [0.5, 0.6) is 5.75 Å². The smallest absolute Gasteiger partial charge is 0.237 e. The highest BCUT2D eigenvalue weighted by Crippen LogP contribution is 2.39. The summed E-state index contributed by atoms with van der Waals surface area (Å²) in [5, 5.41) is 10.2. The van der Waals surface area contributed by atoms with E-state index in [0.717, 1.165) is 0 Å². The predicted octanol–water partition coefficient (Wildman–Crippen LogP) is 3.95. The Hall–Kier alpha value is -1.43. The Morgan fingerprint density at radius 2 is 1.81 bits per heavy atom. The molecule has 0 fully saturated rings. The summed E-state index contributed by atoms with van der Waals surface area (Å²) in [5.74, 6) is -0.550. The summed E-state index contributed by atoms with van der Waals surface area (Å²) < 4.78 is 26.5. The molecule has 0 bridgehead atoms. The molecule has 0 aromatic heterocycles. The van der Waals surface area contributed by atoms with Crippen molar-refractivity contribution in [1.29, 1.82) is 0 Å². The molecule has 7 heteroatoms. The third-order valence-electron chi connectivity index (χ3n) is 2.89. The number of benzene rings is 2.